The Morgan fingerprint density at radius 1 is 1.00 bits per heavy atom. The number of carbonyl (C=O) groups is 1. The van der Waals surface area contributed by atoms with E-state index in [4.69, 9.17) is 4.42 Å². The van der Waals surface area contributed by atoms with Gasteiger partial charge in [-0.1, -0.05) is 24.3 Å². The molecule has 0 aliphatic rings. The van der Waals surface area contributed by atoms with Gasteiger partial charge in [0.25, 0.3) is 0 Å². The Labute approximate surface area is 136 Å². The van der Waals surface area contributed by atoms with Crippen molar-refractivity contribution in [2.75, 3.05) is 0 Å². The number of nitrogens with one attached hydrogen (secondary N) is 1. The third-order valence-corrected chi connectivity index (χ3v) is 4.36. The second-order valence-electron chi connectivity index (χ2n) is 6.07. The molecule has 3 nitrogen and oxygen atoms in total. The fourth-order valence-electron chi connectivity index (χ4n) is 2.71. The summed E-state index contributed by atoms with van der Waals surface area (Å²) in [5.41, 5.74) is 6.51. The van der Waals surface area contributed by atoms with Crippen molar-refractivity contribution in [3.05, 3.63) is 70.5 Å². The summed E-state index contributed by atoms with van der Waals surface area (Å²) in [6.07, 6.45) is 2.03. The first-order valence-corrected chi connectivity index (χ1v) is 7.83. The fraction of sp³-hybridized carbons (Fsp3) is 0.250. The molecule has 1 heterocycles. The van der Waals surface area contributed by atoms with E-state index in [0.717, 1.165) is 22.1 Å². The molecule has 3 aromatic rings. The maximum absolute atomic E-state index is 12.2. The number of carbonyl (C=O) groups excluding carboxylic acids is 1. The summed E-state index contributed by atoms with van der Waals surface area (Å²) in [6, 6.07) is 12.2. The minimum absolute atomic E-state index is 0.00850. The molecule has 0 saturated heterocycles. The molecule has 118 valence electrons. The monoisotopic (exact) mass is 307 g/mol. The highest BCUT2D eigenvalue weighted by molar-refractivity contribution is 5.88. The molecule has 3 heteroatoms. The van der Waals surface area contributed by atoms with E-state index in [1.807, 2.05) is 24.3 Å². The van der Waals surface area contributed by atoms with Crippen molar-refractivity contribution in [3.8, 4) is 0 Å². The Bertz CT molecular complexity index is 861. The first-order valence-electron chi connectivity index (χ1n) is 7.83. The van der Waals surface area contributed by atoms with Crippen LogP contribution in [0.15, 0.2) is 47.1 Å². The summed E-state index contributed by atoms with van der Waals surface area (Å²) in [7, 11) is 0. The van der Waals surface area contributed by atoms with Gasteiger partial charge in [-0.25, -0.2) is 0 Å². The van der Waals surface area contributed by atoms with Crippen LogP contribution in [-0.2, 0) is 17.8 Å². The molecule has 0 aliphatic heterocycles. The van der Waals surface area contributed by atoms with E-state index in [1.165, 1.54) is 16.7 Å². The van der Waals surface area contributed by atoms with Crippen molar-refractivity contribution in [2.24, 2.45) is 0 Å². The van der Waals surface area contributed by atoms with Crippen LogP contribution in [0.2, 0.25) is 0 Å². The highest BCUT2D eigenvalue weighted by Crippen LogP contribution is 2.25. The van der Waals surface area contributed by atoms with Crippen LogP contribution in [-0.4, -0.2) is 5.91 Å². The zero-order valence-electron chi connectivity index (χ0n) is 13.8. The van der Waals surface area contributed by atoms with Gasteiger partial charge >= 0.3 is 0 Å². The maximum Gasteiger partial charge on any atom is 0.224 e. The van der Waals surface area contributed by atoms with Crippen molar-refractivity contribution >= 4 is 16.9 Å². The van der Waals surface area contributed by atoms with Crippen LogP contribution in [0.5, 0.6) is 0 Å². The SMILES string of the molecule is Cc1cc2occ(CC(=O)NCc3ccccc3C)c2cc1C. The summed E-state index contributed by atoms with van der Waals surface area (Å²) in [6.45, 7) is 6.74. The third-order valence-electron chi connectivity index (χ3n) is 4.36. The molecule has 0 bridgehead atoms. The number of aryl methyl sites for hydroxylation is 3. The summed E-state index contributed by atoms with van der Waals surface area (Å²) >= 11 is 0. The zero-order chi connectivity index (χ0) is 16.4. The van der Waals surface area contributed by atoms with Crippen molar-refractivity contribution in [2.45, 2.75) is 33.7 Å². The molecule has 2 aromatic carbocycles. The summed E-state index contributed by atoms with van der Waals surface area (Å²) in [5.74, 6) is 0.00850. The summed E-state index contributed by atoms with van der Waals surface area (Å²) in [4.78, 5) is 12.2. The number of hydrogen-bond acceptors (Lipinski definition) is 2. The van der Waals surface area contributed by atoms with Gasteiger partial charge in [0, 0.05) is 17.5 Å². The number of benzene rings is 2. The van der Waals surface area contributed by atoms with E-state index >= 15 is 0 Å². The van der Waals surface area contributed by atoms with Gasteiger partial charge in [0.1, 0.15) is 5.58 Å². The Hall–Kier alpha value is -2.55. The molecular formula is C20H21NO2. The van der Waals surface area contributed by atoms with Crippen LogP contribution in [0.1, 0.15) is 27.8 Å². The highest BCUT2D eigenvalue weighted by atomic mass is 16.3. The average molecular weight is 307 g/mol. The molecule has 1 N–H and O–H groups in total. The van der Waals surface area contributed by atoms with Gasteiger partial charge < -0.3 is 9.73 Å². The smallest absolute Gasteiger partial charge is 0.224 e. The van der Waals surface area contributed by atoms with E-state index in [2.05, 4.69) is 38.2 Å². The molecule has 23 heavy (non-hydrogen) atoms. The number of fused-ring (bicyclic) bond motifs is 1. The Morgan fingerprint density at radius 3 is 2.52 bits per heavy atom. The van der Waals surface area contributed by atoms with Gasteiger partial charge in [-0.05, 0) is 55.2 Å². The van der Waals surface area contributed by atoms with Crippen LogP contribution in [0, 0.1) is 20.8 Å². The lowest BCUT2D eigenvalue weighted by molar-refractivity contribution is -0.120. The predicted octanol–water partition coefficient (Wildman–Crippen LogP) is 4.22. The van der Waals surface area contributed by atoms with Gasteiger partial charge in [0.2, 0.25) is 5.91 Å². The molecule has 0 atom stereocenters. The largest absolute Gasteiger partial charge is 0.464 e. The van der Waals surface area contributed by atoms with Gasteiger partial charge in [0.05, 0.1) is 12.7 Å². The molecule has 0 fully saturated rings. The van der Waals surface area contributed by atoms with E-state index in [9.17, 15) is 4.79 Å². The summed E-state index contributed by atoms with van der Waals surface area (Å²) < 4.78 is 5.59. The lowest BCUT2D eigenvalue weighted by atomic mass is 10.0. The van der Waals surface area contributed by atoms with Crippen molar-refractivity contribution in [1.82, 2.24) is 5.32 Å². The number of hydrogen-bond donors (Lipinski definition) is 1. The second-order valence-corrected chi connectivity index (χ2v) is 6.07. The standard InChI is InChI=1S/C20H21NO2/c1-13-6-4-5-7-16(13)11-21-20(22)10-17-12-23-19-9-15(3)14(2)8-18(17)19/h4-9,12H,10-11H2,1-3H3,(H,21,22). The van der Waals surface area contributed by atoms with Gasteiger partial charge in [-0.3, -0.25) is 4.79 Å². The molecule has 0 unspecified atom stereocenters. The minimum atomic E-state index is 0.00850. The lowest BCUT2D eigenvalue weighted by Crippen LogP contribution is -2.24. The third kappa shape index (κ3) is 3.29. The molecule has 0 radical (unpaired) electrons. The second kappa shape index (κ2) is 6.29. The van der Waals surface area contributed by atoms with Crippen molar-refractivity contribution in [3.63, 3.8) is 0 Å². The molecule has 1 amide bonds. The molecule has 3 rings (SSSR count). The number of furan rings is 1. The van der Waals surface area contributed by atoms with Gasteiger partial charge in [-0.15, -0.1) is 0 Å². The van der Waals surface area contributed by atoms with Gasteiger partial charge in [-0.2, -0.15) is 0 Å². The highest BCUT2D eigenvalue weighted by Gasteiger charge is 2.11. The van der Waals surface area contributed by atoms with E-state index in [0.29, 0.717) is 13.0 Å². The first kappa shape index (κ1) is 15.3. The van der Waals surface area contributed by atoms with Crippen LogP contribution in [0.4, 0.5) is 0 Å². The lowest BCUT2D eigenvalue weighted by Gasteiger charge is -2.07. The van der Waals surface area contributed by atoms with E-state index < -0.39 is 0 Å². The van der Waals surface area contributed by atoms with Crippen LogP contribution < -0.4 is 5.32 Å². The van der Waals surface area contributed by atoms with Crippen LogP contribution in [0.3, 0.4) is 0 Å². The molecule has 1 aromatic heterocycles. The topological polar surface area (TPSA) is 42.2 Å². The van der Waals surface area contributed by atoms with Crippen LogP contribution >= 0.6 is 0 Å². The Balaban J connectivity index is 1.71. The van der Waals surface area contributed by atoms with Crippen molar-refractivity contribution in [1.29, 1.82) is 0 Å². The fourth-order valence-corrected chi connectivity index (χ4v) is 2.71. The summed E-state index contributed by atoms with van der Waals surface area (Å²) in [5, 5.41) is 4.02. The number of rotatable bonds is 4. The van der Waals surface area contributed by atoms with Crippen LogP contribution in [0.25, 0.3) is 11.0 Å². The maximum atomic E-state index is 12.2. The Kier molecular flexibility index (Phi) is 4.20. The normalized spacial score (nSPS) is 10.9. The predicted molar refractivity (Wildman–Crippen MR) is 92.4 cm³/mol. The Morgan fingerprint density at radius 2 is 1.74 bits per heavy atom. The van der Waals surface area contributed by atoms with E-state index in [1.54, 1.807) is 6.26 Å². The van der Waals surface area contributed by atoms with Crippen molar-refractivity contribution < 1.29 is 9.21 Å². The minimum Gasteiger partial charge on any atom is -0.464 e. The first-order chi connectivity index (χ1) is 11.0. The number of amides is 1. The molecule has 0 saturated carbocycles. The molecule has 0 aliphatic carbocycles. The van der Waals surface area contributed by atoms with E-state index in [-0.39, 0.29) is 5.91 Å². The van der Waals surface area contributed by atoms with Gasteiger partial charge in [0.15, 0.2) is 0 Å². The quantitative estimate of drug-likeness (QED) is 0.784. The zero-order valence-corrected chi connectivity index (χ0v) is 13.8. The average Bonchev–Trinajstić information content (AvgIpc) is 2.89. The molecular weight excluding hydrogens is 286 g/mol. The molecule has 0 spiro atoms.